The molecule has 0 N–H and O–H groups in total. The maximum absolute atomic E-state index is 12.9. The van der Waals surface area contributed by atoms with Gasteiger partial charge in [-0.1, -0.05) is 18.2 Å². The molecule has 0 aromatic heterocycles. The third-order valence-electron chi connectivity index (χ3n) is 4.80. The van der Waals surface area contributed by atoms with Gasteiger partial charge in [-0.05, 0) is 26.0 Å². The van der Waals surface area contributed by atoms with Crippen LogP contribution in [0.1, 0.15) is 13.8 Å². The molecule has 160 valence electrons. The number of rotatable bonds is 6. The maximum atomic E-state index is 12.9. The number of nitrogens with zero attached hydrogens (tertiary/aromatic N) is 2. The molecular weight excluding hydrogens is 392 g/mol. The fourth-order valence-corrected chi connectivity index (χ4v) is 3.21. The summed E-state index contributed by atoms with van der Waals surface area (Å²) in [5.41, 5.74) is 1.04. The zero-order valence-corrected chi connectivity index (χ0v) is 17.5. The first-order valence-corrected chi connectivity index (χ1v) is 9.13. The number of methoxy groups -OCH3 is 2. The summed E-state index contributed by atoms with van der Waals surface area (Å²) in [6.07, 6.45) is 0. The molecule has 2 atom stereocenters. The highest BCUT2D eigenvalue weighted by Crippen LogP contribution is 2.33. The van der Waals surface area contributed by atoms with Gasteiger partial charge in [-0.15, -0.1) is 0 Å². The molecule has 0 spiro atoms. The van der Waals surface area contributed by atoms with E-state index < -0.39 is 42.3 Å². The SMILES string of the molecule is COC(=O)C1=C(C)N=C(C)C(C(=O)OC)[C@@H]1C(=O)OCC(=O)N(C)c1ccccc1. The minimum Gasteiger partial charge on any atom is -0.468 e. The van der Waals surface area contributed by atoms with E-state index in [1.807, 2.05) is 6.07 Å². The molecule has 1 heterocycles. The second-order valence-corrected chi connectivity index (χ2v) is 6.62. The molecule has 1 aromatic rings. The van der Waals surface area contributed by atoms with Gasteiger partial charge in [0.2, 0.25) is 0 Å². The fraction of sp³-hybridized carbons (Fsp3) is 0.381. The summed E-state index contributed by atoms with van der Waals surface area (Å²) in [6.45, 7) is 2.50. The zero-order chi connectivity index (χ0) is 22.4. The number of para-hydroxylation sites is 1. The second-order valence-electron chi connectivity index (χ2n) is 6.62. The molecule has 0 aliphatic carbocycles. The van der Waals surface area contributed by atoms with E-state index in [1.165, 1.54) is 18.9 Å². The lowest BCUT2D eigenvalue weighted by Gasteiger charge is -2.29. The smallest absolute Gasteiger partial charge is 0.336 e. The van der Waals surface area contributed by atoms with E-state index in [0.717, 1.165) is 7.11 Å². The number of benzene rings is 1. The summed E-state index contributed by atoms with van der Waals surface area (Å²) >= 11 is 0. The monoisotopic (exact) mass is 416 g/mol. The first kappa shape index (κ1) is 22.8. The molecule has 0 fully saturated rings. The number of aliphatic imine (C=N–C) groups is 1. The quantitative estimate of drug-likeness (QED) is 0.510. The summed E-state index contributed by atoms with van der Waals surface area (Å²) < 4.78 is 14.7. The molecule has 1 amide bonds. The summed E-state index contributed by atoms with van der Waals surface area (Å²) in [4.78, 5) is 55.5. The van der Waals surface area contributed by atoms with E-state index >= 15 is 0 Å². The molecule has 0 saturated heterocycles. The number of anilines is 1. The van der Waals surface area contributed by atoms with Gasteiger partial charge in [0.25, 0.3) is 5.91 Å². The van der Waals surface area contributed by atoms with E-state index in [2.05, 4.69) is 4.99 Å². The van der Waals surface area contributed by atoms with Crippen LogP contribution < -0.4 is 4.90 Å². The molecule has 0 radical (unpaired) electrons. The van der Waals surface area contributed by atoms with Crippen molar-refractivity contribution in [3.63, 3.8) is 0 Å². The van der Waals surface area contributed by atoms with Crippen LogP contribution in [0.2, 0.25) is 0 Å². The van der Waals surface area contributed by atoms with Crippen LogP contribution in [0.4, 0.5) is 5.69 Å². The Hall–Kier alpha value is -3.49. The summed E-state index contributed by atoms with van der Waals surface area (Å²) in [7, 11) is 3.87. The normalized spacial score (nSPS) is 18.2. The predicted molar refractivity (Wildman–Crippen MR) is 108 cm³/mol. The first-order valence-electron chi connectivity index (χ1n) is 9.13. The molecule has 9 nitrogen and oxygen atoms in total. The van der Waals surface area contributed by atoms with Crippen molar-refractivity contribution in [1.82, 2.24) is 0 Å². The number of allylic oxidation sites excluding steroid dienone is 1. The van der Waals surface area contributed by atoms with Crippen LogP contribution in [0.5, 0.6) is 0 Å². The van der Waals surface area contributed by atoms with E-state index in [-0.39, 0.29) is 11.3 Å². The van der Waals surface area contributed by atoms with Crippen molar-refractivity contribution < 1.29 is 33.4 Å². The number of carbonyl (C=O) groups is 4. The molecule has 2 rings (SSSR count). The largest absolute Gasteiger partial charge is 0.468 e. The van der Waals surface area contributed by atoms with Crippen LogP contribution >= 0.6 is 0 Å². The predicted octanol–water partition coefficient (Wildman–Crippen LogP) is 1.52. The molecule has 0 saturated carbocycles. The van der Waals surface area contributed by atoms with Crippen molar-refractivity contribution in [2.75, 3.05) is 32.8 Å². The highest BCUT2D eigenvalue weighted by atomic mass is 16.5. The van der Waals surface area contributed by atoms with Crippen LogP contribution in [0.15, 0.2) is 46.6 Å². The Morgan fingerprint density at radius 3 is 2.17 bits per heavy atom. The van der Waals surface area contributed by atoms with E-state index in [4.69, 9.17) is 14.2 Å². The van der Waals surface area contributed by atoms with Gasteiger partial charge >= 0.3 is 17.9 Å². The van der Waals surface area contributed by atoms with Gasteiger partial charge in [0.15, 0.2) is 6.61 Å². The zero-order valence-electron chi connectivity index (χ0n) is 17.5. The second kappa shape index (κ2) is 9.82. The lowest BCUT2D eigenvalue weighted by molar-refractivity contribution is -0.158. The van der Waals surface area contributed by atoms with Crippen molar-refractivity contribution in [1.29, 1.82) is 0 Å². The molecule has 1 aromatic carbocycles. The Morgan fingerprint density at radius 1 is 0.967 bits per heavy atom. The van der Waals surface area contributed by atoms with E-state index in [1.54, 1.807) is 38.2 Å². The van der Waals surface area contributed by atoms with E-state index in [9.17, 15) is 19.2 Å². The average Bonchev–Trinajstić information content (AvgIpc) is 2.75. The molecule has 30 heavy (non-hydrogen) atoms. The molecule has 1 aliphatic rings. The van der Waals surface area contributed by atoms with Gasteiger partial charge in [-0.2, -0.15) is 0 Å². The maximum Gasteiger partial charge on any atom is 0.336 e. The van der Waals surface area contributed by atoms with Gasteiger partial charge in [-0.25, -0.2) is 4.79 Å². The Kier molecular flexibility index (Phi) is 7.46. The molecule has 1 unspecified atom stereocenters. The van der Waals surface area contributed by atoms with Crippen LogP contribution in [0.25, 0.3) is 0 Å². The third-order valence-corrected chi connectivity index (χ3v) is 4.80. The molecule has 9 heteroatoms. The highest BCUT2D eigenvalue weighted by Gasteiger charge is 2.46. The van der Waals surface area contributed by atoms with Gasteiger partial charge in [-0.3, -0.25) is 19.4 Å². The minimum absolute atomic E-state index is 0.104. The van der Waals surface area contributed by atoms with Crippen LogP contribution in [-0.4, -0.2) is 57.4 Å². The number of ether oxygens (including phenoxy) is 3. The number of carbonyl (C=O) groups excluding carboxylic acids is 4. The van der Waals surface area contributed by atoms with Crippen molar-refractivity contribution in [2.24, 2.45) is 16.8 Å². The van der Waals surface area contributed by atoms with Crippen LogP contribution in [0, 0.1) is 11.8 Å². The van der Waals surface area contributed by atoms with Crippen LogP contribution in [-0.2, 0) is 33.4 Å². The lowest BCUT2D eigenvalue weighted by atomic mass is 9.80. The third kappa shape index (κ3) is 4.73. The lowest BCUT2D eigenvalue weighted by Crippen LogP contribution is -2.43. The number of likely N-dealkylation sites (N-methyl/N-ethyl adjacent to an activating group) is 1. The molecule has 1 aliphatic heterocycles. The summed E-state index contributed by atoms with van der Waals surface area (Å²) in [5, 5.41) is 0. The Balaban J connectivity index is 2.26. The van der Waals surface area contributed by atoms with Crippen molar-refractivity contribution in [3.8, 4) is 0 Å². The van der Waals surface area contributed by atoms with Crippen molar-refractivity contribution in [3.05, 3.63) is 41.6 Å². The number of hydrogen-bond donors (Lipinski definition) is 0. The van der Waals surface area contributed by atoms with Gasteiger partial charge in [0.05, 0.1) is 19.8 Å². The topological polar surface area (TPSA) is 112 Å². The highest BCUT2D eigenvalue weighted by molar-refractivity contribution is 6.10. The number of amides is 1. The number of esters is 3. The van der Waals surface area contributed by atoms with Gasteiger partial charge in [0.1, 0.15) is 11.8 Å². The molecule has 0 bridgehead atoms. The van der Waals surface area contributed by atoms with Crippen LogP contribution in [0.3, 0.4) is 0 Å². The molecular formula is C21H24N2O7. The number of hydrogen-bond acceptors (Lipinski definition) is 8. The van der Waals surface area contributed by atoms with Gasteiger partial charge < -0.3 is 19.1 Å². The Morgan fingerprint density at radius 2 is 1.60 bits per heavy atom. The minimum atomic E-state index is -1.34. The first-order chi connectivity index (χ1) is 14.2. The Bertz CT molecular complexity index is 905. The summed E-state index contributed by atoms with van der Waals surface area (Å²) in [5.74, 6) is -5.47. The summed E-state index contributed by atoms with van der Waals surface area (Å²) in [6, 6.07) is 8.81. The standard InChI is InChI=1S/C21H24N2O7/c1-12-16(19(25)28-4)18(17(13(2)22-12)20(26)29-5)21(27)30-11-15(24)23(3)14-9-7-6-8-10-14/h6-10,16,18H,11H2,1-5H3/t16?,18-/m0/s1. The van der Waals surface area contributed by atoms with Gasteiger partial charge in [0, 0.05) is 24.1 Å². The van der Waals surface area contributed by atoms with Crippen molar-refractivity contribution >= 4 is 35.2 Å². The Labute approximate surface area is 174 Å². The fourth-order valence-electron chi connectivity index (χ4n) is 3.21. The van der Waals surface area contributed by atoms with Crippen molar-refractivity contribution in [2.45, 2.75) is 13.8 Å². The average molecular weight is 416 g/mol. The van der Waals surface area contributed by atoms with E-state index in [0.29, 0.717) is 11.4 Å².